The van der Waals surface area contributed by atoms with Crippen LogP contribution in [-0.2, 0) is 4.79 Å². The fourth-order valence-electron chi connectivity index (χ4n) is 5.35. The van der Waals surface area contributed by atoms with Gasteiger partial charge in [-0.15, -0.1) is 0 Å². The van der Waals surface area contributed by atoms with Gasteiger partial charge in [0.1, 0.15) is 11.5 Å². The Morgan fingerprint density at radius 3 is 2.53 bits per heavy atom. The molecular formula is C28H25N3O3. The number of carbonyl (C=O) groups is 1. The first-order chi connectivity index (χ1) is 16.7. The second-order valence-electron chi connectivity index (χ2n) is 8.76. The number of para-hydroxylation sites is 2. The van der Waals surface area contributed by atoms with Crippen LogP contribution in [0.15, 0.2) is 84.1 Å². The van der Waals surface area contributed by atoms with Crippen LogP contribution in [0.2, 0.25) is 0 Å². The summed E-state index contributed by atoms with van der Waals surface area (Å²) in [6.45, 7) is 0. The third-order valence-corrected chi connectivity index (χ3v) is 6.89. The second kappa shape index (κ2) is 8.06. The number of benzene rings is 3. The van der Waals surface area contributed by atoms with Crippen molar-refractivity contribution in [1.29, 1.82) is 0 Å². The van der Waals surface area contributed by atoms with Crippen LogP contribution in [0.5, 0.6) is 11.5 Å². The number of fused-ring (bicyclic) bond motifs is 3. The Balaban J connectivity index is 1.49. The molecule has 0 spiro atoms. The molecule has 2 aliphatic rings. The number of ketones is 1. The van der Waals surface area contributed by atoms with Gasteiger partial charge in [0.25, 0.3) is 0 Å². The molecule has 0 radical (unpaired) electrons. The molecule has 6 nitrogen and oxygen atoms in total. The first-order valence-corrected chi connectivity index (χ1v) is 11.4. The maximum atomic E-state index is 13.8. The van der Waals surface area contributed by atoms with E-state index in [2.05, 4.69) is 28.1 Å². The Hall–Kier alpha value is -4.06. The first-order valence-electron chi connectivity index (χ1n) is 11.4. The number of ether oxygens (including phenoxy) is 2. The summed E-state index contributed by atoms with van der Waals surface area (Å²) in [7, 11) is 3.29. The summed E-state index contributed by atoms with van der Waals surface area (Å²) in [4.78, 5) is 18.7. The minimum Gasteiger partial charge on any atom is -0.497 e. The molecule has 1 aliphatic carbocycles. The van der Waals surface area contributed by atoms with Crippen molar-refractivity contribution in [2.24, 2.45) is 0 Å². The molecule has 170 valence electrons. The van der Waals surface area contributed by atoms with E-state index in [1.54, 1.807) is 14.2 Å². The van der Waals surface area contributed by atoms with Gasteiger partial charge in [-0.1, -0.05) is 48.5 Å². The van der Waals surface area contributed by atoms with Gasteiger partial charge in [0, 0.05) is 29.7 Å². The van der Waals surface area contributed by atoms with Gasteiger partial charge >= 0.3 is 0 Å². The van der Waals surface area contributed by atoms with Crippen LogP contribution in [0.3, 0.4) is 0 Å². The summed E-state index contributed by atoms with van der Waals surface area (Å²) in [5.41, 5.74) is 5.78. The monoisotopic (exact) mass is 451 g/mol. The van der Waals surface area contributed by atoms with E-state index >= 15 is 0 Å². The predicted molar refractivity (Wildman–Crippen MR) is 131 cm³/mol. The van der Waals surface area contributed by atoms with E-state index in [0.717, 1.165) is 50.9 Å². The van der Waals surface area contributed by atoms with Crippen LogP contribution in [0.1, 0.15) is 35.9 Å². The number of Topliss-reactive ketones (excluding diaryl/α,β-unsaturated/α-hetero) is 1. The lowest BCUT2D eigenvalue weighted by atomic mass is 9.77. The first kappa shape index (κ1) is 20.5. The van der Waals surface area contributed by atoms with Crippen LogP contribution >= 0.6 is 0 Å². The zero-order valence-electron chi connectivity index (χ0n) is 19.1. The summed E-state index contributed by atoms with van der Waals surface area (Å²) in [5.74, 6) is 2.39. The Morgan fingerprint density at radius 2 is 1.74 bits per heavy atom. The molecule has 0 amide bonds. The molecule has 2 atom stereocenters. The van der Waals surface area contributed by atoms with E-state index in [-0.39, 0.29) is 17.7 Å². The van der Waals surface area contributed by atoms with Gasteiger partial charge in [-0.3, -0.25) is 9.36 Å². The maximum absolute atomic E-state index is 13.8. The molecule has 1 aliphatic heterocycles. The quantitative estimate of drug-likeness (QED) is 0.446. The number of anilines is 1. The molecule has 0 fully saturated rings. The van der Waals surface area contributed by atoms with Crippen LogP contribution in [0, 0.1) is 0 Å². The molecule has 0 bridgehead atoms. The Labute approximate surface area is 197 Å². The molecule has 6 rings (SSSR count). The molecule has 1 aromatic heterocycles. The van der Waals surface area contributed by atoms with Crippen molar-refractivity contribution < 1.29 is 14.3 Å². The molecule has 0 saturated carbocycles. The zero-order valence-corrected chi connectivity index (χ0v) is 19.1. The predicted octanol–water partition coefficient (Wildman–Crippen LogP) is 5.47. The van der Waals surface area contributed by atoms with Gasteiger partial charge in [0.2, 0.25) is 5.95 Å². The Kier molecular flexibility index (Phi) is 4.87. The number of nitrogens with one attached hydrogen (secondary N) is 1. The van der Waals surface area contributed by atoms with Crippen molar-refractivity contribution in [1.82, 2.24) is 9.55 Å². The molecule has 1 N–H and O–H groups in total. The standard InChI is InChI=1S/C28H25N3O3/c1-33-19-12-13-20(25(16-19)34-2)18-14-22-26(24(32)15-18)27(17-8-4-3-5-9-17)31-23-11-7-6-10-21(23)29-28(31)30-22/h3-13,16,18,27H,14-15H2,1-2H3,(H,29,30). The van der Waals surface area contributed by atoms with Crippen molar-refractivity contribution in [2.45, 2.75) is 24.8 Å². The minimum atomic E-state index is -0.217. The van der Waals surface area contributed by atoms with E-state index in [1.165, 1.54) is 0 Å². The van der Waals surface area contributed by atoms with Crippen LogP contribution in [0.4, 0.5) is 5.95 Å². The fraction of sp³-hybridized carbons (Fsp3) is 0.214. The van der Waals surface area contributed by atoms with E-state index in [1.807, 2.05) is 54.6 Å². The average Bonchev–Trinajstić information content (AvgIpc) is 3.25. The molecule has 2 heterocycles. The molecule has 6 heteroatoms. The van der Waals surface area contributed by atoms with E-state index in [9.17, 15) is 4.79 Å². The number of methoxy groups -OCH3 is 2. The summed E-state index contributed by atoms with van der Waals surface area (Å²) in [6, 6.07) is 23.9. The van der Waals surface area contributed by atoms with Crippen molar-refractivity contribution in [3.63, 3.8) is 0 Å². The fourth-order valence-corrected chi connectivity index (χ4v) is 5.35. The van der Waals surface area contributed by atoms with Crippen molar-refractivity contribution in [3.8, 4) is 11.5 Å². The Bertz CT molecular complexity index is 1440. The van der Waals surface area contributed by atoms with Gasteiger partial charge in [0.05, 0.1) is 31.3 Å². The normalized spacial score (nSPS) is 19.4. The highest BCUT2D eigenvalue weighted by Crippen LogP contribution is 2.47. The highest BCUT2D eigenvalue weighted by atomic mass is 16.5. The maximum Gasteiger partial charge on any atom is 0.209 e. The number of nitrogens with zero attached hydrogens (tertiary/aromatic N) is 2. The topological polar surface area (TPSA) is 65.4 Å². The summed E-state index contributed by atoms with van der Waals surface area (Å²) < 4.78 is 13.2. The van der Waals surface area contributed by atoms with Gasteiger partial charge in [-0.25, -0.2) is 4.98 Å². The molecule has 3 aromatic carbocycles. The smallest absolute Gasteiger partial charge is 0.209 e. The van der Waals surface area contributed by atoms with Crippen LogP contribution in [-0.4, -0.2) is 29.6 Å². The van der Waals surface area contributed by atoms with Crippen molar-refractivity contribution in [2.75, 3.05) is 19.5 Å². The number of hydrogen-bond acceptors (Lipinski definition) is 5. The number of imidazole rings is 1. The van der Waals surface area contributed by atoms with Crippen LogP contribution < -0.4 is 14.8 Å². The minimum absolute atomic E-state index is 0.00644. The van der Waals surface area contributed by atoms with Gasteiger partial charge in [-0.2, -0.15) is 0 Å². The molecule has 0 saturated heterocycles. The second-order valence-corrected chi connectivity index (χ2v) is 8.76. The lowest BCUT2D eigenvalue weighted by Gasteiger charge is -2.36. The zero-order chi connectivity index (χ0) is 23.2. The number of aromatic nitrogens is 2. The van der Waals surface area contributed by atoms with Crippen molar-refractivity contribution >= 4 is 22.8 Å². The van der Waals surface area contributed by atoms with Crippen LogP contribution in [0.25, 0.3) is 11.0 Å². The Morgan fingerprint density at radius 1 is 0.941 bits per heavy atom. The summed E-state index contributed by atoms with van der Waals surface area (Å²) in [5, 5.41) is 3.52. The third kappa shape index (κ3) is 3.17. The van der Waals surface area contributed by atoms with E-state index in [4.69, 9.17) is 14.5 Å². The lowest BCUT2D eigenvalue weighted by molar-refractivity contribution is -0.116. The highest BCUT2D eigenvalue weighted by molar-refractivity contribution is 6.01. The lowest BCUT2D eigenvalue weighted by Crippen LogP contribution is -2.33. The number of carbonyl (C=O) groups excluding carboxylic acids is 1. The molecule has 4 aromatic rings. The number of rotatable bonds is 4. The number of allylic oxidation sites excluding steroid dienone is 2. The van der Waals surface area contributed by atoms with E-state index in [0.29, 0.717) is 12.8 Å². The van der Waals surface area contributed by atoms with Crippen molar-refractivity contribution in [3.05, 3.63) is 95.2 Å². The van der Waals surface area contributed by atoms with Gasteiger partial charge in [-0.05, 0) is 35.7 Å². The SMILES string of the molecule is COc1ccc(C2CC(=O)C3=C(C2)Nc2nc4ccccc4n2C3c2ccccc2)c(OC)c1. The summed E-state index contributed by atoms with van der Waals surface area (Å²) in [6.07, 6.45) is 1.13. The largest absolute Gasteiger partial charge is 0.497 e. The van der Waals surface area contributed by atoms with Gasteiger partial charge in [0.15, 0.2) is 5.78 Å². The third-order valence-electron chi connectivity index (χ3n) is 6.89. The molecule has 2 unspecified atom stereocenters. The molecule has 34 heavy (non-hydrogen) atoms. The van der Waals surface area contributed by atoms with Gasteiger partial charge < -0.3 is 14.8 Å². The highest BCUT2D eigenvalue weighted by Gasteiger charge is 2.40. The number of hydrogen-bond donors (Lipinski definition) is 1. The molecular weight excluding hydrogens is 426 g/mol. The average molecular weight is 452 g/mol. The summed E-state index contributed by atoms with van der Waals surface area (Å²) >= 11 is 0. The van der Waals surface area contributed by atoms with E-state index < -0.39 is 0 Å².